The molecule has 0 saturated carbocycles. The van der Waals surface area contributed by atoms with Crippen LogP contribution in [0.15, 0.2) is 54.7 Å². The maximum Gasteiger partial charge on any atom is 0.262 e. The lowest BCUT2D eigenvalue weighted by Gasteiger charge is -2.18. The normalized spacial score (nSPS) is 12.7. The number of para-hydroxylation sites is 1. The highest BCUT2D eigenvalue weighted by Gasteiger charge is 2.19. The van der Waals surface area contributed by atoms with Crippen molar-refractivity contribution in [2.45, 2.75) is 13.3 Å². The molecular formula is C20H18N4O3. The first-order chi connectivity index (χ1) is 13.2. The Morgan fingerprint density at radius 1 is 1.26 bits per heavy atom. The van der Waals surface area contributed by atoms with E-state index >= 15 is 0 Å². The van der Waals surface area contributed by atoms with Crippen LogP contribution in [0, 0.1) is 0 Å². The van der Waals surface area contributed by atoms with E-state index in [2.05, 4.69) is 15.7 Å². The van der Waals surface area contributed by atoms with Crippen molar-refractivity contribution in [2.24, 2.45) is 0 Å². The zero-order chi connectivity index (χ0) is 18.8. The van der Waals surface area contributed by atoms with Gasteiger partial charge in [-0.3, -0.25) is 9.59 Å². The summed E-state index contributed by atoms with van der Waals surface area (Å²) in [6.45, 7) is 1.98. The maximum absolute atomic E-state index is 12.8. The maximum atomic E-state index is 12.8. The van der Waals surface area contributed by atoms with Gasteiger partial charge in [-0.1, -0.05) is 25.1 Å². The minimum absolute atomic E-state index is 0.00274. The number of nitrogens with zero attached hydrogens (tertiary/aromatic N) is 2. The third kappa shape index (κ3) is 3.27. The molecule has 3 aromatic rings. The Bertz CT molecular complexity index is 1010. The van der Waals surface area contributed by atoms with Crippen molar-refractivity contribution in [2.75, 3.05) is 17.2 Å². The second-order valence-corrected chi connectivity index (χ2v) is 6.11. The number of hydrogen-bond acceptors (Lipinski definition) is 4. The largest absolute Gasteiger partial charge is 0.482 e. The summed E-state index contributed by atoms with van der Waals surface area (Å²) in [5, 5.41) is 9.97. The number of benzene rings is 2. The number of amides is 2. The van der Waals surface area contributed by atoms with Gasteiger partial charge in [-0.15, -0.1) is 0 Å². The number of fused-ring (bicyclic) bond motifs is 1. The Kier molecular flexibility index (Phi) is 4.33. The fraction of sp³-hybridized carbons (Fsp3) is 0.150. The number of carbonyl (C=O) groups excluding carboxylic acids is 2. The van der Waals surface area contributed by atoms with Gasteiger partial charge < -0.3 is 15.4 Å². The lowest BCUT2D eigenvalue weighted by molar-refractivity contribution is -0.118. The van der Waals surface area contributed by atoms with Crippen molar-refractivity contribution in [1.29, 1.82) is 0 Å². The third-order valence-corrected chi connectivity index (χ3v) is 4.32. The van der Waals surface area contributed by atoms with Crippen molar-refractivity contribution in [3.8, 4) is 11.4 Å². The van der Waals surface area contributed by atoms with Crippen molar-refractivity contribution in [1.82, 2.24) is 9.78 Å². The first kappa shape index (κ1) is 16.8. The van der Waals surface area contributed by atoms with Gasteiger partial charge in [0.25, 0.3) is 11.8 Å². The number of nitrogens with one attached hydrogen (secondary N) is 2. The zero-order valence-corrected chi connectivity index (χ0v) is 14.7. The number of carbonyl (C=O) groups is 2. The molecule has 1 aliphatic rings. The predicted molar refractivity (Wildman–Crippen MR) is 101 cm³/mol. The molecule has 2 aromatic carbocycles. The number of anilines is 2. The smallest absolute Gasteiger partial charge is 0.262 e. The Balaban J connectivity index is 1.60. The fourth-order valence-electron chi connectivity index (χ4n) is 3.05. The number of hydrogen-bond donors (Lipinski definition) is 2. The van der Waals surface area contributed by atoms with Crippen molar-refractivity contribution < 1.29 is 14.3 Å². The standard InChI is InChI=1S/C20H18N4O3/c1-2-17-15(11-21-24(17)14-6-4-3-5-7-14)20(26)22-13-8-9-18-16(10-13)23-19(25)12-27-18/h3-11H,2,12H2,1H3,(H,22,26)(H,23,25). The van der Waals surface area contributed by atoms with Crippen LogP contribution in [0.25, 0.3) is 5.69 Å². The summed E-state index contributed by atoms with van der Waals surface area (Å²) in [4.78, 5) is 24.3. The van der Waals surface area contributed by atoms with Crippen LogP contribution in [0.2, 0.25) is 0 Å². The van der Waals surface area contributed by atoms with Gasteiger partial charge in [0.15, 0.2) is 6.61 Å². The molecule has 2 amide bonds. The number of rotatable bonds is 4. The lowest BCUT2D eigenvalue weighted by atomic mass is 10.1. The van der Waals surface area contributed by atoms with E-state index in [1.54, 1.807) is 29.1 Å². The number of ether oxygens (including phenoxy) is 1. The van der Waals surface area contributed by atoms with Crippen molar-refractivity contribution in [3.63, 3.8) is 0 Å². The van der Waals surface area contributed by atoms with Crippen molar-refractivity contribution in [3.05, 3.63) is 66.0 Å². The average Bonchev–Trinajstić information content (AvgIpc) is 3.12. The van der Waals surface area contributed by atoms with Gasteiger partial charge in [-0.05, 0) is 36.8 Å². The molecule has 0 aliphatic carbocycles. The second-order valence-electron chi connectivity index (χ2n) is 6.11. The molecule has 7 nitrogen and oxygen atoms in total. The molecule has 1 aliphatic heterocycles. The molecule has 0 atom stereocenters. The quantitative estimate of drug-likeness (QED) is 0.747. The summed E-state index contributed by atoms with van der Waals surface area (Å²) in [6.07, 6.45) is 2.23. The van der Waals surface area contributed by atoms with E-state index < -0.39 is 0 Å². The van der Waals surface area contributed by atoms with Crippen LogP contribution in [0.1, 0.15) is 23.0 Å². The molecular weight excluding hydrogens is 344 g/mol. The van der Waals surface area contributed by atoms with E-state index in [0.717, 1.165) is 11.4 Å². The van der Waals surface area contributed by atoms with Gasteiger partial charge in [0, 0.05) is 5.69 Å². The lowest BCUT2D eigenvalue weighted by Crippen LogP contribution is -2.25. The molecule has 0 bridgehead atoms. The van der Waals surface area contributed by atoms with Crippen LogP contribution in [0.3, 0.4) is 0 Å². The summed E-state index contributed by atoms with van der Waals surface area (Å²) < 4.78 is 7.10. The van der Waals surface area contributed by atoms with Crippen LogP contribution >= 0.6 is 0 Å². The molecule has 2 heterocycles. The molecule has 0 fully saturated rings. The molecule has 0 saturated heterocycles. The minimum Gasteiger partial charge on any atom is -0.482 e. The van der Waals surface area contributed by atoms with Gasteiger partial charge in [0.05, 0.1) is 28.8 Å². The van der Waals surface area contributed by atoms with E-state index in [1.807, 2.05) is 37.3 Å². The van der Waals surface area contributed by atoms with Crippen LogP contribution in [-0.2, 0) is 11.2 Å². The van der Waals surface area contributed by atoms with Crippen LogP contribution in [-0.4, -0.2) is 28.2 Å². The molecule has 4 rings (SSSR count). The van der Waals surface area contributed by atoms with Crippen LogP contribution < -0.4 is 15.4 Å². The predicted octanol–water partition coefficient (Wildman–Crippen LogP) is 3.02. The Labute approximate surface area is 156 Å². The number of aromatic nitrogens is 2. The van der Waals surface area contributed by atoms with Crippen LogP contribution in [0.4, 0.5) is 11.4 Å². The molecule has 7 heteroatoms. The first-order valence-corrected chi connectivity index (χ1v) is 8.66. The Morgan fingerprint density at radius 3 is 2.85 bits per heavy atom. The topological polar surface area (TPSA) is 85.2 Å². The van der Waals surface area contributed by atoms with Gasteiger partial charge >= 0.3 is 0 Å². The molecule has 0 radical (unpaired) electrons. The molecule has 136 valence electrons. The van der Waals surface area contributed by atoms with E-state index in [4.69, 9.17) is 4.74 Å². The van der Waals surface area contributed by atoms with Crippen molar-refractivity contribution >= 4 is 23.2 Å². The summed E-state index contributed by atoms with van der Waals surface area (Å²) in [5.74, 6) is 0.110. The summed E-state index contributed by atoms with van der Waals surface area (Å²) in [7, 11) is 0. The highest BCUT2D eigenvalue weighted by Crippen LogP contribution is 2.30. The Hall–Kier alpha value is -3.61. The molecule has 2 N–H and O–H groups in total. The highest BCUT2D eigenvalue weighted by atomic mass is 16.5. The van der Waals surface area contributed by atoms with Gasteiger partial charge in [-0.2, -0.15) is 5.10 Å². The fourth-order valence-corrected chi connectivity index (χ4v) is 3.05. The second kappa shape index (κ2) is 6.95. The molecule has 0 spiro atoms. The van der Waals surface area contributed by atoms with E-state index in [1.165, 1.54) is 0 Å². The zero-order valence-electron chi connectivity index (χ0n) is 14.7. The monoisotopic (exact) mass is 362 g/mol. The Morgan fingerprint density at radius 2 is 2.07 bits per heavy atom. The minimum atomic E-state index is -0.253. The van der Waals surface area contributed by atoms with E-state index in [0.29, 0.717) is 29.1 Å². The highest BCUT2D eigenvalue weighted by molar-refractivity contribution is 6.05. The average molecular weight is 362 g/mol. The molecule has 0 unspecified atom stereocenters. The molecule has 1 aromatic heterocycles. The van der Waals surface area contributed by atoms with Crippen LogP contribution in [0.5, 0.6) is 5.75 Å². The van der Waals surface area contributed by atoms with Gasteiger partial charge in [0.2, 0.25) is 0 Å². The van der Waals surface area contributed by atoms with Gasteiger partial charge in [0.1, 0.15) is 5.75 Å². The summed E-state index contributed by atoms with van der Waals surface area (Å²) >= 11 is 0. The summed E-state index contributed by atoms with van der Waals surface area (Å²) in [6, 6.07) is 14.8. The summed E-state index contributed by atoms with van der Waals surface area (Å²) in [5.41, 5.74) is 3.36. The van der Waals surface area contributed by atoms with Gasteiger partial charge in [-0.25, -0.2) is 4.68 Å². The first-order valence-electron chi connectivity index (χ1n) is 8.66. The SMILES string of the molecule is CCc1c(C(=O)Nc2ccc3c(c2)NC(=O)CO3)cnn1-c1ccccc1. The third-order valence-electron chi connectivity index (χ3n) is 4.32. The van der Waals surface area contributed by atoms with E-state index in [9.17, 15) is 9.59 Å². The molecule has 27 heavy (non-hydrogen) atoms. The van der Waals surface area contributed by atoms with E-state index in [-0.39, 0.29) is 18.4 Å².